The highest BCUT2D eigenvalue weighted by Gasteiger charge is 2.37. The van der Waals surface area contributed by atoms with Crippen LogP contribution in [0.4, 0.5) is 0 Å². The summed E-state index contributed by atoms with van der Waals surface area (Å²) in [7, 11) is 3.42. The monoisotopic (exact) mass is 318 g/mol. The third-order valence-electron chi connectivity index (χ3n) is 3.46. The van der Waals surface area contributed by atoms with Crippen molar-refractivity contribution >= 4 is 15.9 Å². The first-order chi connectivity index (χ1) is 8.71. The van der Waals surface area contributed by atoms with Crippen LogP contribution >= 0.6 is 15.9 Å². The lowest BCUT2D eigenvalue weighted by molar-refractivity contribution is -0.00461. The highest BCUT2D eigenvalue weighted by atomic mass is 79.9. The van der Waals surface area contributed by atoms with Crippen molar-refractivity contribution in [1.29, 1.82) is 0 Å². The Kier molecular flexibility index (Phi) is 4.80. The molecule has 1 aliphatic heterocycles. The van der Waals surface area contributed by atoms with Crippen molar-refractivity contribution in [3.05, 3.63) is 22.6 Å². The normalized spacial score (nSPS) is 26.7. The first kappa shape index (κ1) is 14.0. The lowest BCUT2D eigenvalue weighted by atomic mass is 10.2. The van der Waals surface area contributed by atoms with Crippen LogP contribution in [-0.2, 0) is 9.47 Å². The van der Waals surface area contributed by atoms with Gasteiger partial charge in [-0.2, -0.15) is 0 Å². The van der Waals surface area contributed by atoms with Crippen molar-refractivity contribution in [2.75, 3.05) is 33.9 Å². The zero-order valence-corrected chi connectivity index (χ0v) is 12.2. The number of hydrogen-bond donors (Lipinski definition) is 1. The average molecular weight is 319 g/mol. The molecule has 5 nitrogen and oxygen atoms in total. The fraction of sp³-hybridized carbons (Fsp3) is 0.667. The standard InChI is InChI=1S/C12H19BrN2O3/c1-16-10-6-15(7-11(10)17-2)9(5-14)12-8(13)3-4-18-12/h3-4,9-11H,5-7,14H2,1-2H3. The van der Waals surface area contributed by atoms with Crippen LogP contribution in [0.5, 0.6) is 0 Å². The number of methoxy groups -OCH3 is 2. The minimum Gasteiger partial charge on any atom is -0.466 e. The molecule has 1 saturated heterocycles. The van der Waals surface area contributed by atoms with Crippen LogP contribution in [0.15, 0.2) is 21.2 Å². The predicted molar refractivity (Wildman–Crippen MR) is 71.4 cm³/mol. The van der Waals surface area contributed by atoms with Gasteiger partial charge in [0.05, 0.1) is 29.0 Å². The minimum absolute atomic E-state index is 0.0483. The van der Waals surface area contributed by atoms with Crippen molar-refractivity contribution in [3.8, 4) is 0 Å². The number of likely N-dealkylation sites (tertiary alicyclic amines) is 1. The fourth-order valence-corrected chi connectivity index (χ4v) is 2.91. The van der Waals surface area contributed by atoms with E-state index in [9.17, 15) is 0 Å². The summed E-state index contributed by atoms with van der Waals surface area (Å²) >= 11 is 3.48. The molecule has 0 spiro atoms. The Morgan fingerprint density at radius 3 is 2.44 bits per heavy atom. The maximum atomic E-state index is 5.88. The lowest BCUT2D eigenvalue weighted by Gasteiger charge is -2.24. The van der Waals surface area contributed by atoms with Gasteiger partial charge >= 0.3 is 0 Å². The van der Waals surface area contributed by atoms with Gasteiger partial charge in [0.25, 0.3) is 0 Å². The first-order valence-electron chi connectivity index (χ1n) is 5.93. The summed E-state index contributed by atoms with van der Waals surface area (Å²) in [5.41, 5.74) is 5.88. The van der Waals surface area contributed by atoms with Crippen molar-refractivity contribution in [2.45, 2.75) is 18.2 Å². The van der Waals surface area contributed by atoms with Crippen LogP contribution in [-0.4, -0.2) is 51.0 Å². The van der Waals surface area contributed by atoms with Gasteiger partial charge in [-0.05, 0) is 22.0 Å². The van der Waals surface area contributed by atoms with Gasteiger partial charge in [0.1, 0.15) is 5.76 Å². The van der Waals surface area contributed by atoms with E-state index < -0.39 is 0 Å². The summed E-state index contributed by atoms with van der Waals surface area (Å²) in [6.07, 6.45) is 1.83. The molecule has 18 heavy (non-hydrogen) atoms. The molecule has 2 N–H and O–H groups in total. The van der Waals surface area contributed by atoms with Gasteiger partial charge in [-0.15, -0.1) is 0 Å². The van der Waals surface area contributed by atoms with Gasteiger partial charge in [-0.1, -0.05) is 0 Å². The summed E-state index contributed by atoms with van der Waals surface area (Å²) in [6, 6.07) is 1.93. The quantitative estimate of drug-likeness (QED) is 0.889. The van der Waals surface area contributed by atoms with Crippen LogP contribution in [0.2, 0.25) is 0 Å². The number of nitrogens with zero attached hydrogens (tertiary/aromatic N) is 1. The molecule has 2 heterocycles. The van der Waals surface area contributed by atoms with Crippen molar-refractivity contribution < 1.29 is 13.9 Å². The number of rotatable bonds is 5. The Balaban J connectivity index is 2.13. The molecular formula is C12H19BrN2O3. The zero-order valence-electron chi connectivity index (χ0n) is 10.6. The molecule has 0 radical (unpaired) electrons. The smallest absolute Gasteiger partial charge is 0.136 e. The molecular weight excluding hydrogens is 300 g/mol. The zero-order chi connectivity index (χ0) is 13.1. The second kappa shape index (κ2) is 6.16. The van der Waals surface area contributed by atoms with Crippen molar-refractivity contribution in [3.63, 3.8) is 0 Å². The van der Waals surface area contributed by atoms with Gasteiger partial charge in [0, 0.05) is 33.9 Å². The van der Waals surface area contributed by atoms with Crippen molar-refractivity contribution in [1.82, 2.24) is 4.90 Å². The van der Waals surface area contributed by atoms with Crippen LogP contribution in [0.1, 0.15) is 11.8 Å². The molecule has 0 amide bonds. The average Bonchev–Trinajstić information content (AvgIpc) is 2.97. The number of nitrogens with two attached hydrogens (primary N) is 1. The fourth-order valence-electron chi connectivity index (χ4n) is 2.44. The molecule has 0 aromatic carbocycles. The highest BCUT2D eigenvalue weighted by Crippen LogP contribution is 2.31. The van der Waals surface area contributed by atoms with E-state index in [2.05, 4.69) is 20.8 Å². The molecule has 0 aliphatic carbocycles. The predicted octanol–water partition coefficient (Wildman–Crippen LogP) is 1.39. The van der Waals surface area contributed by atoms with Gasteiger partial charge in [-0.3, -0.25) is 4.90 Å². The maximum absolute atomic E-state index is 5.88. The number of hydrogen-bond acceptors (Lipinski definition) is 5. The molecule has 1 fully saturated rings. The number of furan rings is 1. The third kappa shape index (κ3) is 2.62. The van der Waals surface area contributed by atoms with E-state index in [1.807, 2.05) is 6.07 Å². The Labute approximate surface area is 115 Å². The molecule has 3 atom stereocenters. The third-order valence-corrected chi connectivity index (χ3v) is 4.12. The van der Waals surface area contributed by atoms with Crippen LogP contribution < -0.4 is 5.73 Å². The molecule has 1 aromatic heterocycles. The topological polar surface area (TPSA) is 60.9 Å². The Morgan fingerprint density at radius 2 is 2.06 bits per heavy atom. The molecule has 1 aromatic rings. The molecule has 1 aliphatic rings. The van der Waals surface area contributed by atoms with Gasteiger partial charge in [-0.25, -0.2) is 0 Å². The summed E-state index contributed by atoms with van der Waals surface area (Å²) in [4.78, 5) is 2.24. The molecule has 0 saturated carbocycles. The summed E-state index contributed by atoms with van der Waals surface area (Å²) in [6.45, 7) is 2.09. The summed E-state index contributed by atoms with van der Waals surface area (Å²) < 4.78 is 17.3. The van der Waals surface area contributed by atoms with E-state index in [1.165, 1.54) is 0 Å². The summed E-state index contributed by atoms with van der Waals surface area (Å²) in [5, 5.41) is 0. The molecule has 3 unspecified atom stereocenters. The Hall–Kier alpha value is -0.400. The number of halogens is 1. The van der Waals surface area contributed by atoms with Crippen LogP contribution in [0.25, 0.3) is 0 Å². The Morgan fingerprint density at radius 1 is 1.44 bits per heavy atom. The van der Waals surface area contributed by atoms with E-state index in [0.717, 1.165) is 23.3 Å². The SMILES string of the molecule is COC1CN(C(CN)c2occc2Br)CC1OC. The maximum Gasteiger partial charge on any atom is 0.136 e. The second-order valence-electron chi connectivity index (χ2n) is 4.39. The molecule has 2 rings (SSSR count). The summed E-state index contributed by atoms with van der Waals surface area (Å²) in [5.74, 6) is 0.865. The lowest BCUT2D eigenvalue weighted by Crippen LogP contribution is -2.33. The van der Waals surface area contributed by atoms with Crippen molar-refractivity contribution in [2.24, 2.45) is 5.73 Å². The second-order valence-corrected chi connectivity index (χ2v) is 5.24. The van der Waals surface area contributed by atoms with Gasteiger partial charge in [0.15, 0.2) is 0 Å². The highest BCUT2D eigenvalue weighted by molar-refractivity contribution is 9.10. The van der Waals surface area contributed by atoms with Crippen LogP contribution in [0.3, 0.4) is 0 Å². The first-order valence-corrected chi connectivity index (χ1v) is 6.73. The van der Waals surface area contributed by atoms with Gasteiger partial charge < -0.3 is 19.6 Å². The van der Waals surface area contributed by atoms with E-state index in [0.29, 0.717) is 6.54 Å². The molecule has 102 valence electrons. The number of ether oxygens (including phenoxy) is 2. The molecule has 0 bridgehead atoms. The Bertz CT molecular complexity index is 373. The van der Waals surface area contributed by atoms with Crippen LogP contribution in [0, 0.1) is 0 Å². The largest absolute Gasteiger partial charge is 0.466 e. The van der Waals surface area contributed by atoms with E-state index in [-0.39, 0.29) is 18.2 Å². The van der Waals surface area contributed by atoms with E-state index >= 15 is 0 Å². The minimum atomic E-state index is 0.0483. The molecule has 6 heteroatoms. The van der Waals surface area contributed by atoms with E-state index in [1.54, 1.807) is 20.5 Å². The van der Waals surface area contributed by atoms with Gasteiger partial charge in [0.2, 0.25) is 0 Å². The van der Waals surface area contributed by atoms with E-state index in [4.69, 9.17) is 19.6 Å².